The standard InChI is InChI=1S/C26H36ClN3O4S/c1-7-23(26(32)28-15-18(2)3)29(16-21-13-8-9-14-22(21)27)24(31)17-30(35(6,33)34)25-19(4)11-10-12-20(25)5/h8-14,18,23H,7,15-17H2,1-6H3,(H,28,32). The molecule has 2 aromatic rings. The van der Waals surface area contributed by atoms with Gasteiger partial charge in [-0.2, -0.15) is 0 Å². The summed E-state index contributed by atoms with van der Waals surface area (Å²) in [6, 6.07) is 11.8. The van der Waals surface area contributed by atoms with E-state index in [0.29, 0.717) is 29.2 Å². The van der Waals surface area contributed by atoms with Crippen LogP contribution in [0.25, 0.3) is 0 Å². The molecule has 0 aliphatic heterocycles. The van der Waals surface area contributed by atoms with Crippen LogP contribution in [-0.2, 0) is 26.2 Å². The van der Waals surface area contributed by atoms with Gasteiger partial charge in [-0.25, -0.2) is 8.42 Å². The Morgan fingerprint density at radius 1 is 1.03 bits per heavy atom. The van der Waals surface area contributed by atoms with Crippen molar-refractivity contribution in [3.8, 4) is 0 Å². The normalized spacial score (nSPS) is 12.3. The number of nitrogens with zero attached hydrogens (tertiary/aromatic N) is 2. The molecule has 2 amide bonds. The number of carbonyl (C=O) groups excluding carboxylic acids is 2. The van der Waals surface area contributed by atoms with E-state index < -0.39 is 28.5 Å². The van der Waals surface area contributed by atoms with Gasteiger partial charge < -0.3 is 10.2 Å². The van der Waals surface area contributed by atoms with Crippen molar-refractivity contribution in [2.24, 2.45) is 5.92 Å². The van der Waals surface area contributed by atoms with Crippen LogP contribution in [0.4, 0.5) is 5.69 Å². The smallest absolute Gasteiger partial charge is 0.244 e. The lowest BCUT2D eigenvalue weighted by molar-refractivity contribution is -0.140. The molecule has 2 rings (SSSR count). The lowest BCUT2D eigenvalue weighted by Gasteiger charge is -2.33. The summed E-state index contributed by atoms with van der Waals surface area (Å²) < 4.78 is 26.7. The summed E-state index contributed by atoms with van der Waals surface area (Å²) >= 11 is 6.37. The first kappa shape index (κ1) is 28.7. The maximum absolute atomic E-state index is 13.8. The zero-order chi connectivity index (χ0) is 26.3. The quantitative estimate of drug-likeness (QED) is 0.477. The molecule has 9 heteroatoms. The number of halogens is 1. The predicted octanol–water partition coefficient (Wildman–Crippen LogP) is 4.30. The van der Waals surface area contributed by atoms with Gasteiger partial charge in [-0.15, -0.1) is 0 Å². The highest BCUT2D eigenvalue weighted by atomic mass is 35.5. The van der Waals surface area contributed by atoms with E-state index in [0.717, 1.165) is 21.7 Å². The largest absolute Gasteiger partial charge is 0.354 e. The van der Waals surface area contributed by atoms with E-state index in [1.165, 1.54) is 4.90 Å². The minimum atomic E-state index is -3.79. The second-order valence-corrected chi connectivity index (χ2v) is 11.5. The van der Waals surface area contributed by atoms with Crippen molar-refractivity contribution in [3.63, 3.8) is 0 Å². The first-order chi connectivity index (χ1) is 16.4. The molecule has 2 aromatic carbocycles. The van der Waals surface area contributed by atoms with Crippen molar-refractivity contribution in [2.45, 2.75) is 53.6 Å². The van der Waals surface area contributed by atoms with Gasteiger partial charge in [-0.1, -0.05) is 68.8 Å². The first-order valence-electron chi connectivity index (χ1n) is 11.7. The van der Waals surface area contributed by atoms with Crippen molar-refractivity contribution in [1.29, 1.82) is 0 Å². The number of amides is 2. The molecule has 1 N–H and O–H groups in total. The average Bonchev–Trinajstić information content (AvgIpc) is 2.77. The predicted molar refractivity (Wildman–Crippen MR) is 142 cm³/mol. The number of nitrogens with one attached hydrogen (secondary N) is 1. The minimum Gasteiger partial charge on any atom is -0.354 e. The van der Waals surface area contributed by atoms with Crippen LogP contribution in [-0.4, -0.2) is 50.5 Å². The van der Waals surface area contributed by atoms with Gasteiger partial charge in [0.05, 0.1) is 11.9 Å². The Morgan fingerprint density at radius 3 is 2.14 bits per heavy atom. The molecule has 0 saturated heterocycles. The SMILES string of the molecule is CCC(C(=O)NCC(C)C)N(Cc1ccccc1Cl)C(=O)CN(c1c(C)cccc1C)S(C)(=O)=O. The highest BCUT2D eigenvalue weighted by molar-refractivity contribution is 7.92. The van der Waals surface area contributed by atoms with Crippen LogP contribution in [0, 0.1) is 19.8 Å². The monoisotopic (exact) mass is 521 g/mol. The highest BCUT2D eigenvalue weighted by Crippen LogP contribution is 2.27. The molecule has 0 radical (unpaired) electrons. The third-order valence-corrected chi connectivity index (χ3v) is 7.22. The Kier molecular flexibility index (Phi) is 10.2. The summed E-state index contributed by atoms with van der Waals surface area (Å²) in [5, 5.41) is 3.37. The molecule has 1 unspecified atom stereocenters. The van der Waals surface area contributed by atoms with Crippen LogP contribution in [0.5, 0.6) is 0 Å². The summed E-state index contributed by atoms with van der Waals surface area (Å²) in [6.07, 6.45) is 1.44. The molecule has 35 heavy (non-hydrogen) atoms. The fraction of sp³-hybridized carbons (Fsp3) is 0.462. The van der Waals surface area contributed by atoms with Gasteiger partial charge in [-0.3, -0.25) is 13.9 Å². The first-order valence-corrected chi connectivity index (χ1v) is 13.9. The second kappa shape index (κ2) is 12.4. The number of para-hydroxylation sites is 1. The Morgan fingerprint density at radius 2 is 1.63 bits per heavy atom. The van der Waals surface area contributed by atoms with E-state index in [4.69, 9.17) is 11.6 Å². The number of hydrogen-bond acceptors (Lipinski definition) is 4. The van der Waals surface area contributed by atoms with E-state index in [1.54, 1.807) is 44.2 Å². The van der Waals surface area contributed by atoms with Gasteiger partial charge in [0.15, 0.2) is 0 Å². The molecule has 0 aliphatic carbocycles. The molecule has 0 aromatic heterocycles. The van der Waals surface area contributed by atoms with E-state index in [-0.39, 0.29) is 18.4 Å². The van der Waals surface area contributed by atoms with E-state index in [2.05, 4.69) is 5.32 Å². The van der Waals surface area contributed by atoms with Crippen LogP contribution in [0.1, 0.15) is 43.9 Å². The Labute approximate surface area is 214 Å². The zero-order valence-electron chi connectivity index (χ0n) is 21.3. The topological polar surface area (TPSA) is 86.8 Å². The zero-order valence-corrected chi connectivity index (χ0v) is 22.9. The van der Waals surface area contributed by atoms with Crippen LogP contribution < -0.4 is 9.62 Å². The summed E-state index contributed by atoms with van der Waals surface area (Å²) in [4.78, 5) is 28.3. The van der Waals surface area contributed by atoms with Gasteiger partial charge >= 0.3 is 0 Å². The molecule has 0 spiro atoms. The molecule has 192 valence electrons. The third-order valence-electron chi connectivity index (χ3n) is 5.74. The summed E-state index contributed by atoms with van der Waals surface area (Å²) in [7, 11) is -3.79. The van der Waals surface area contributed by atoms with E-state index in [9.17, 15) is 18.0 Å². The van der Waals surface area contributed by atoms with Crippen LogP contribution in [0.3, 0.4) is 0 Å². The maximum Gasteiger partial charge on any atom is 0.244 e. The van der Waals surface area contributed by atoms with Crippen molar-refractivity contribution in [1.82, 2.24) is 10.2 Å². The number of aryl methyl sites for hydroxylation is 2. The highest BCUT2D eigenvalue weighted by Gasteiger charge is 2.32. The van der Waals surface area contributed by atoms with Gasteiger partial charge in [0, 0.05) is 18.1 Å². The summed E-state index contributed by atoms with van der Waals surface area (Å²) in [5.74, 6) is -0.516. The molecular weight excluding hydrogens is 486 g/mol. The Bertz CT molecular complexity index is 1130. The third kappa shape index (κ3) is 7.70. The van der Waals surface area contributed by atoms with Crippen molar-refractivity contribution in [3.05, 3.63) is 64.2 Å². The number of carbonyl (C=O) groups is 2. The van der Waals surface area contributed by atoms with Crippen molar-refractivity contribution < 1.29 is 18.0 Å². The van der Waals surface area contributed by atoms with Gasteiger partial charge in [0.1, 0.15) is 12.6 Å². The number of rotatable bonds is 11. The lowest BCUT2D eigenvalue weighted by Crippen LogP contribution is -2.52. The number of hydrogen-bond donors (Lipinski definition) is 1. The molecule has 0 fully saturated rings. The molecule has 7 nitrogen and oxygen atoms in total. The van der Waals surface area contributed by atoms with Gasteiger partial charge in [0.2, 0.25) is 21.8 Å². The Hall–Kier alpha value is -2.58. The van der Waals surface area contributed by atoms with Gasteiger partial charge in [0.25, 0.3) is 0 Å². The number of anilines is 1. The molecule has 0 heterocycles. The molecule has 1 atom stereocenters. The van der Waals surface area contributed by atoms with Crippen LogP contribution in [0.15, 0.2) is 42.5 Å². The fourth-order valence-electron chi connectivity index (χ4n) is 3.93. The molecule has 0 saturated carbocycles. The fourth-order valence-corrected chi connectivity index (χ4v) is 5.09. The Balaban J connectivity index is 2.49. The average molecular weight is 522 g/mol. The van der Waals surface area contributed by atoms with Crippen LogP contribution >= 0.6 is 11.6 Å². The van der Waals surface area contributed by atoms with E-state index in [1.807, 2.05) is 32.9 Å². The summed E-state index contributed by atoms with van der Waals surface area (Å²) in [6.45, 7) is 9.54. The van der Waals surface area contributed by atoms with Crippen molar-refractivity contribution >= 4 is 39.1 Å². The molecule has 0 aliphatic rings. The maximum atomic E-state index is 13.8. The molecular formula is C26H36ClN3O4S. The van der Waals surface area contributed by atoms with E-state index >= 15 is 0 Å². The minimum absolute atomic E-state index is 0.0798. The number of benzene rings is 2. The second-order valence-electron chi connectivity index (χ2n) is 9.19. The van der Waals surface area contributed by atoms with Gasteiger partial charge in [-0.05, 0) is 48.9 Å². The summed E-state index contributed by atoms with van der Waals surface area (Å²) in [5.41, 5.74) is 2.62. The molecule has 0 bridgehead atoms. The lowest BCUT2D eigenvalue weighted by atomic mass is 10.1. The van der Waals surface area contributed by atoms with Crippen molar-refractivity contribution in [2.75, 3.05) is 23.7 Å². The van der Waals surface area contributed by atoms with Crippen LogP contribution in [0.2, 0.25) is 5.02 Å². The number of sulfonamides is 1.